The highest BCUT2D eigenvalue weighted by Crippen LogP contribution is 1.98. The van der Waals surface area contributed by atoms with E-state index in [9.17, 15) is 0 Å². The molecule has 1 rings (SSSR count). The highest BCUT2D eigenvalue weighted by molar-refractivity contribution is 5.13. The van der Waals surface area contributed by atoms with Crippen molar-refractivity contribution in [2.45, 2.75) is 6.61 Å². The van der Waals surface area contributed by atoms with Crippen molar-refractivity contribution in [1.82, 2.24) is 0 Å². The summed E-state index contributed by atoms with van der Waals surface area (Å²) in [6, 6.07) is 5.71. The van der Waals surface area contributed by atoms with Crippen LogP contribution in [0.3, 0.4) is 0 Å². The van der Waals surface area contributed by atoms with Crippen LogP contribution >= 0.6 is 0 Å². The molecule has 1 aromatic carbocycles. The summed E-state index contributed by atoms with van der Waals surface area (Å²) >= 11 is 0. The van der Waals surface area contributed by atoms with Gasteiger partial charge in [-0.1, -0.05) is 30.3 Å². The van der Waals surface area contributed by atoms with Crippen LogP contribution < -0.4 is 0 Å². The Morgan fingerprint density at radius 3 is 3.33 bits per heavy atom. The molecule has 0 radical (unpaired) electrons. The molecule has 0 aliphatic heterocycles. The molecular weight excluding hydrogens is 112 g/mol. The smallest absolute Gasteiger partial charge is 0.0713 e. The third kappa shape index (κ3) is 1.86. The normalized spacial score (nSPS) is 12.6. The molecule has 0 bridgehead atoms. The molecule has 0 aromatic heterocycles. The SMILES string of the molecule is [2H]c1ccc([2H])c(COC)c1. The van der Waals surface area contributed by atoms with Gasteiger partial charge in [-0.15, -0.1) is 0 Å². The van der Waals surface area contributed by atoms with Crippen molar-refractivity contribution in [2.75, 3.05) is 7.11 Å². The van der Waals surface area contributed by atoms with Gasteiger partial charge in [-0.2, -0.15) is 0 Å². The second-order valence-electron chi connectivity index (χ2n) is 1.75. The van der Waals surface area contributed by atoms with Gasteiger partial charge in [-0.3, -0.25) is 0 Å². The van der Waals surface area contributed by atoms with E-state index in [1.807, 2.05) is 0 Å². The molecule has 0 spiro atoms. The number of benzene rings is 1. The molecule has 0 saturated carbocycles. The highest BCUT2D eigenvalue weighted by atomic mass is 16.5. The standard InChI is InChI=1S/C8H10O/c1-9-7-8-5-3-2-4-6-8/h2-6H,7H2,1H3/i3D,6D. The zero-order valence-electron chi connectivity index (χ0n) is 7.35. The average molecular weight is 124 g/mol. The number of hydrogen-bond acceptors (Lipinski definition) is 1. The minimum Gasteiger partial charge on any atom is -0.380 e. The fraction of sp³-hybridized carbons (Fsp3) is 0.250. The number of rotatable bonds is 2. The van der Waals surface area contributed by atoms with Gasteiger partial charge in [-0.25, -0.2) is 0 Å². The summed E-state index contributed by atoms with van der Waals surface area (Å²) in [7, 11) is 1.58. The van der Waals surface area contributed by atoms with Crippen LogP contribution in [0.25, 0.3) is 0 Å². The van der Waals surface area contributed by atoms with Crippen LogP contribution in [0.2, 0.25) is 0 Å². The van der Waals surface area contributed by atoms with Gasteiger partial charge < -0.3 is 4.74 Å². The van der Waals surface area contributed by atoms with E-state index in [2.05, 4.69) is 0 Å². The van der Waals surface area contributed by atoms with E-state index in [1.54, 1.807) is 25.3 Å². The van der Waals surface area contributed by atoms with Crippen LogP contribution in [0.4, 0.5) is 0 Å². The predicted molar refractivity (Wildman–Crippen MR) is 37.2 cm³/mol. The third-order valence-corrected chi connectivity index (χ3v) is 1.01. The van der Waals surface area contributed by atoms with Crippen molar-refractivity contribution in [1.29, 1.82) is 0 Å². The molecule has 1 aromatic rings. The maximum absolute atomic E-state index is 7.41. The molecule has 0 heterocycles. The van der Waals surface area contributed by atoms with E-state index in [0.29, 0.717) is 18.7 Å². The summed E-state index contributed by atoms with van der Waals surface area (Å²) in [6.07, 6.45) is 0. The monoisotopic (exact) mass is 124 g/mol. The fourth-order valence-electron chi connectivity index (χ4n) is 0.626. The second-order valence-corrected chi connectivity index (χ2v) is 1.75. The van der Waals surface area contributed by atoms with E-state index in [4.69, 9.17) is 7.48 Å². The highest BCUT2D eigenvalue weighted by Gasteiger charge is 1.84. The maximum atomic E-state index is 7.41. The van der Waals surface area contributed by atoms with Gasteiger partial charge >= 0.3 is 0 Å². The summed E-state index contributed by atoms with van der Waals surface area (Å²) in [5, 5.41) is 0. The Hall–Kier alpha value is -0.820. The molecule has 1 heteroatoms. The molecule has 1 nitrogen and oxygen atoms in total. The van der Waals surface area contributed by atoms with Gasteiger partial charge in [0.15, 0.2) is 0 Å². The summed E-state index contributed by atoms with van der Waals surface area (Å²) in [5.41, 5.74) is 0.764. The minimum absolute atomic E-state index is 0.408. The summed E-state index contributed by atoms with van der Waals surface area (Å²) in [4.78, 5) is 0. The molecule has 0 N–H and O–H groups in total. The lowest BCUT2D eigenvalue weighted by atomic mass is 10.2. The van der Waals surface area contributed by atoms with Crippen molar-refractivity contribution in [3.63, 3.8) is 0 Å². The topological polar surface area (TPSA) is 9.23 Å². The van der Waals surface area contributed by atoms with Crippen molar-refractivity contribution >= 4 is 0 Å². The van der Waals surface area contributed by atoms with Gasteiger partial charge in [-0.05, 0) is 5.56 Å². The van der Waals surface area contributed by atoms with E-state index >= 15 is 0 Å². The molecule has 0 atom stereocenters. The first kappa shape index (κ1) is 4.07. The lowest BCUT2D eigenvalue weighted by Crippen LogP contribution is -1.84. The first-order chi connectivity index (χ1) is 5.24. The molecule has 9 heavy (non-hydrogen) atoms. The summed E-state index contributed by atoms with van der Waals surface area (Å²) in [5.74, 6) is 0. The van der Waals surface area contributed by atoms with Crippen LogP contribution in [0.15, 0.2) is 30.3 Å². The number of hydrogen-bond donors (Lipinski definition) is 0. The lowest BCUT2D eigenvalue weighted by molar-refractivity contribution is 0.185. The minimum atomic E-state index is 0.408. The van der Waals surface area contributed by atoms with Gasteiger partial charge in [0.25, 0.3) is 0 Å². The Kier molecular flexibility index (Phi) is 1.47. The first-order valence-electron chi connectivity index (χ1n) is 3.79. The predicted octanol–water partition coefficient (Wildman–Crippen LogP) is 1.83. The van der Waals surface area contributed by atoms with Gasteiger partial charge in [0.1, 0.15) is 0 Å². The van der Waals surface area contributed by atoms with E-state index < -0.39 is 0 Å². The van der Waals surface area contributed by atoms with Crippen molar-refractivity contribution in [3.05, 3.63) is 35.8 Å². The zero-order chi connectivity index (χ0) is 8.27. The van der Waals surface area contributed by atoms with Crippen LogP contribution in [-0.4, -0.2) is 7.11 Å². The molecule has 0 fully saturated rings. The lowest BCUT2D eigenvalue weighted by Gasteiger charge is -1.95. The quantitative estimate of drug-likeness (QED) is 0.584. The Morgan fingerprint density at radius 2 is 2.56 bits per heavy atom. The van der Waals surface area contributed by atoms with E-state index in [1.165, 1.54) is 0 Å². The van der Waals surface area contributed by atoms with Crippen LogP contribution in [0, 0.1) is 0 Å². The van der Waals surface area contributed by atoms with E-state index in [0.717, 1.165) is 5.56 Å². The van der Waals surface area contributed by atoms with Gasteiger partial charge in [0.05, 0.1) is 9.35 Å². The van der Waals surface area contributed by atoms with Crippen molar-refractivity contribution < 1.29 is 7.48 Å². The van der Waals surface area contributed by atoms with Gasteiger partial charge in [0.2, 0.25) is 0 Å². The van der Waals surface area contributed by atoms with Crippen LogP contribution in [0.1, 0.15) is 8.30 Å². The molecule has 0 unspecified atom stereocenters. The zero-order valence-corrected chi connectivity index (χ0v) is 5.35. The second kappa shape index (κ2) is 3.25. The van der Waals surface area contributed by atoms with Crippen molar-refractivity contribution in [3.8, 4) is 0 Å². The molecule has 0 amide bonds. The Bertz CT molecular complexity index is 248. The van der Waals surface area contributed by atoms with Crippen molar-refractivity contribution in [2.24, 2.45) is 0 Å². The fourth-order valence-corrected chi connectivity index (χ4v) is 0.626. The molecule has 48 valence electrons. The average Bonchev–Trinajstić information content (AvgIpc) is 1.98. The first-order valence-corrected chi connectivity index (χ1v) is 2.79. The summed E-state index contributed by atoms with van der Waals surface area (Å²) in [6.45, 7) is 0.408. The Balaban J connectivity index is 2.93. The largest absolute Gasteiger partial charge is 0.380 e. The van der Waals surface area contributed by atoms with Crippen LogP contribution in [-0.2, 0) is 11.3 Å². The van der Waals surface area contributed by atoms with E-state index in [-0.39, 0.29) is 0 Å². The third-order valence-electron chi connectivity index (χ3n) is 1.01. The summed E-state index contributed by atoms with van der Waals surface area (Å²) < 4.78 is 19.5. The van der Waals surface area contributed by atoms with Crippen LogP contribution in [0.5, 0.6) is 0 Å². The maximum Gasteiger partial charge on any atom is 0.0713 e. The molecular formula is C8H10O. The number of methoxy groups -OCH3 is 1. The molecule has 0 saturated heterocycles. The Labute approximate surface area is 58.1 Å². The molecule has 0 aliphatic carbocycles. The van der Waals surface area contributed by atoms with Gasteiger partial charge in [0, 0.05) is 7.11 Å². The molecule has 0 aliphatic rings. The Morgan fingerprint density at radius 1 is 1.67 bits per heavy atom. The number of ether oxygens (including phenoxy) is 1.